The number of ether oxygens (including phenoxy) is 1. The van der Waals surface area contributed by atoms with Crippen LogP contribution in [-0.2, 0) is 22.6 Å². The summed E-state index contributed by atoms with van der Waals surface area (Å²) in [4.78, 5) is 26.6. The number of rotatable bonds is 6. The standard InChI is InChI=1S/C24H23N3O3/c25-24(29)21-14-17-8-4-5-9-18(17)15-27(21)16-23(28)26-20-12-6-7-13-22(20)30-19-10-2-1-3-11-19/h1-13,21H,14-16H2,(H2,25,29)(H,26,28)/t21-/m0/s1. The summed E-state index contributed by atoms with van der Waals surface area (Å²) in [5.74, 6) is 0.572. The second kappa shape index (κ2) is 8.80. The number of benzene rings is 3. The average molecular weight is 401 g/mol. The van der Waals surface area contributed by atoms with Gasteiger partial charge in [-0.1, -0.05) is 54.6 Å². The van der Waals surface area contributed by atoms with E-state index in [1.165, 1.54) is 0 Å². The molecule has 152 valence electrons. The summed E-state index contributed by atoms with van der Waals surface area (Å²) < 4.78 is 5.90. The van der Waals surface area contributed by atoms with Crippen LogP contribution in [0.3, 0.4) is 0 Å². The van der Waals surface area contributed by atoms with Crippen molar-refractivity contribution in [3.05, 3.63) is 90.0 Å². The van der Waals surface area contributed by atoms with Gasteiger partial charge in [-0.2, -0.15) is 0 Å². The zero-order chi connectivity index (χ0) is 20.9. The number of fused-ring (bicyclic) bond motifs is 1. The van der Waals surface area contributed by atoms with E-state index in [9.17, 15) is 9.59 Å². The Balaban J connectivity index is 1.48. The third-order valence-corrected chi connectivity index (χ3v) is 5.15. The number of anilines is 1. The number of hydrogen-bond acceptors (Lipinski definition) is 4. The lowest BCUT2D eigenvalue weighted by molar-refractivity contribution is -0.125. The molecule has 0 bridgehead atoms. The Bertz CT molecular complexity index is 1050. The largest absolute Gasteiger partial charge is 0.455 e. The molecule has 4 rings (SSSR count). The molecular weight excluding hydrogens is 378 g/mol. The van der Waals surface area contributed by atoms with Gasteiger partial charge in [0.15, 0.2) is 5.75 Å². The van der Waals surface area contributed by atoms with E-state index >= 15 is 0 Å². The molecular formula is C24H23N3O3. The minimum absolute atomic E-state index is 0.0572. The van der Waals surface area contributed by atoms with Crippen LogP contribution in [0.4, 0.5) is 5.69 Å². The number of para-hydroxylation sites is 3. The van der Waals surface area contributed by atoms with Crippen LogP contribution in [0.15, 0.2) is 78.9 Å². The van der Waals surface area contributed by atoms with Crippen molar-refractivity contribution < 1.29 is 14.3 Å². The van der Waals surface area contributed by atoms with E-state index in [2.05, 4.69) is 5.32 Å². The van der Waals surface area contributed by atoms with Gasteiger partial charge in [0.2, 0.25) is 11.8 Å². The normalized spacial score (nSPS) is 15.8. The zero-order valence-electron chi connectivity index (χ0n) is 16.5. The molecule has 0 aromatic heterocycles. The second-order valence-corrected chi connectivity index (χ2v) is 7.26. The maximum atomic E-state index is 12.8. The Labute approximate surface area is 175 Å². The molecule has 1 aliphatic rings. The molecule has 0 saturated carbocycles. The van der Waals surface area contributed by atoms with Crippen molar-refractivity contribution in [3.63, 3.8) is 0 Å². The van der Waals surface area contributed by atoms with E-state index in [1.54, 1.807) is 12.1 Å². The number of primary amides is 1. The molecule has 0 saturated heterocycles. The summed E-state index contributed by atoms with van der Waals surface area (Å²) in [6.07, 6.45) is 0.506. The molecule has 3 aromatic carbocycles. The molecule has 0 spiro atoms. The van der Waals surface area contributed by atoms with Crippen LogP contribution in [0.25, 0.3) is 0 Å². The predicted octanol–water partition coefficient (Wildman–Crippen LogP) is 3.33. The number of carbonyl (C=O) groups is 2. The predicted molar refractivity (Wildman–Crippen MR) is 115 cm³/mol. The van der Waals surface area contributed by atoms with Crippen molar-refractivity contribution in [1.82, 2.24) is 4.90 Å². The van der Waals surface area contributed by atoms with E-state index in [0.29, 0.717) is 30.2 Å². The number of nitrogens with zero attached hydrogens (tertiary/aromatic N) is 1. The first-order valence-corrected chi connectivity index (χ1v) is 9.82. The highest BCUT2D eigenvalue weighted by Crippen LogP contribution is 2.29. The van der Waals surface area contributed by atoms with Gasteiger partial charge in [0.1, 0.15) is 5.75 Å². The third kappa shape index (κ3) is 4.50. The highest BCUT2D eigenvalue weighted by molar-refractivity contribution is 5.94. The average Bonchev–Trinajstić information content (AvgIpc) is 2.75. The summed E-state index contributed by atoms with van der Waals surface area (Å²) >= 11 is 0. The third-order valence-electron chi connectivity index (χ3n) is 5.15. The van der Waals surface area contributed by atoms with Gasteiger partial charge in [-0.25, -0.2) is 0 Å². The molecule has 3 N–H and O–H groups in total. The van der Waals surface area contributed by atoms with Crippen LogP contribution in [0.5, 0.6) is 11.5 Å². The van der Waals surface area contributed by atoms with Crippen molar-refractivity contribution in [3.8, 4) is 11.5 Å². The van der Waals surface area contributed by atoms with Gasteiger partial charge >= 0.3 is 0 Å². The van der Waals surface area contributed by atoms with Gasteiger partial charge in [0.05, 0.1) is 18.3 Å². The number of carbonyl (C=O) groups excluding carboxylic acids is 2. The fraction of sp³-hybridized carbons (Fsp3) is 0.167. The minimum Gasteiger partial charge on any atom is -0.455 e. The van der Waals surface area contributed by atoms with Gasteiger partial charge < -0.3 is 15.8 Å². The SMILES string of the molecule is NC(=O)[C@@H]1Cc2ccccc2CN1CC(=O)Nc1ccccc1Oc1ccccc1. The van der Waals surface area contributed by atoms with Gasteiger partial charge in [-0.05, 0) is 41.8 Å². The van der Waals surface area contributed by atoms with Crippen LogP contribution in [0, 0.1) is 0 Å². The quantitative estimate of drug-likeness (QED) is 0.664. The van der Waals surface area contributed by atoms with E-state index < -0.39 is 11.9 Å². The lowest BCUT2D eigenvalue weighted by Crippen LogP contribution is -2.50. The monoisotopic (exact) mass is 401 g/mol. The Hall–Kier alpha value is -3.64. The zero-order valence-corrected chi connectivity index (χ0v) is 16.5. The van der Waals surface area contributed by atoms with Gasteiger partial charge in [-0.15, -0.1) is 0 Å². The Morgan fingerprint density at radius 1 is 0.933 bits per heavy atom. The molecule has 1 aliphatic heterocycles. The van der Waals surface area contributed by atoms with Crippen molar-refractivity contribution in [2.45, 2.75) is 19.0 Å². The molecule has 0 radical (unpaired) electrons. The molecule has 0 fully saturated rings. The first kappa shape index (κ1) is 19.7. The van der Waals surface area contributed by atoms with E-state index in [-0.39, 0.29) is 12.5 Å². The Morgan fingerprint density at radius 3 is 2.37 bits per heavy atom. The fourth-order valence-electron chi connectivity index (χ4n) is 3.67. The number of amides is 2. The van der Waals surface area contributed by atoms with E-state index in [4.69, 9.17) is 10.5 Å². The van der Waals surface area contributed by atoms with Crippen molar-refractivity contribution >= 4 is 17.5 Å². The first-order valence-electron chi connectivity index (χ1n) is 9.82. The summed E-state index contributed by atoms with van der Waals surface area (Å²) in [5.41, 5.74) is 8.39. The summed E-state index contributed by atoms with van der Waals surface area (Å²) in [5, 5.41) is 2.90. The van der Waals surface area contributed by atoms with Crippen LogP contribution >= 0.6 is 0 Å². The number of nitrogens with one attached hydrogen (secondary N) is 1. The smallest absolute Gasteiger partial charge is 0.238 e. The van der Waals surface area contributed by atoms with Gasteiger partial charge in [-0.3, -0.25) is 14.5 Å². The van der Waals surface area contributed by atoms with E-state index in [1.807, 2.05) is 71.6 Å². The topological polar surface area (TPSA) is 84.7 Å². The molecule has 0 unspecified atom stereocenters. The summed E-state index contributed by atoms with van der Waals surface area (Å²) in [6.45, 7) is 0.557. The summed E-state index contributed by atoms with van der Waals surface area (Å²) in [6, 6.07) is 24.0. The molecule has 6 heteroatoms. The Morgan fingerprint density at radius 2 is 1.60 bits per heavy atom. The molecule has 1 atom stereocenters. The number of nitrogens with two attached hydrogens (primary N) is 1. The molecule has 6 nitrogen and oxygen atoms in total. The van der Waals surface area contributed by atoms with Crippen molar-refractivity contribution in [2.24, 2.45) is 5.73 Å². The van der Waals surface area contributed by atoms with Crippen LogP contribution in [0.1, 0.15) is 11.1 Å². The van der Waals surface area contributed by atoms with Crippen LogP contribution in [0.2, 0.25) is 0 Å². The van der Waals surface area contributed by atoms with Crippen molar-refractivity contribution in [2.75, 3.05) is 11.9 Å². The number of hydrogen-bond donors (Lipinski definition) is 2. The highest BCUT2D eigenvalue weighted by Gasteiger charge is 2.31. The minimum atomic E-state index is -0.513. The second-order valence-electron chi connectivity index (χ2n) is 7.26. The molecule has 3 aromatic rings. The molecule has 2 amide bonds. The lowest BCUT2D eigenvalue weighted by atomic mass is 9.93. The first-order chi connectivity index (χ1) is 14.6. The van der Waals surface area contributed by atoms with Crippen LogP contribution in [-0.4, -0.2) is 29.3 Å². The van der Waals surface area contributed by atoms with Gasteiger partial charge in [0.25, 0.3) is 0 Å². The maximum Gasteiger partial charge on any atom is 0.238 e. The Kier molecular flexibility index (Phi) is 5.77. The molecule has 30 heavy (non-hydrogen) atoms. The van der Waals surface area contributed by atoms with E-state index in [0.717, 1.165) is 11.1 Å². The highest BCUT2D eigenvalue weighted by atomic mass is 16.5. The fourth-order valence-corrected chi connectivity index (χ4v) is 3.67. The van der Waals surface area contributed by atoms with Gasteiger partial charge in [0, 0.05) is 6.54 Å². The lowest BCUT2D eigenvalue weighted by Gasteiger charge is -2.34. The molecule has 0 aliphatic carbocycles. The van der Waals surface area contributed by atoms with Crippen LogP contribution < -0.4 is 15.8 Å². The van der Waals surface area contributed by atoms with Crippen molar-refractivity contribution in [1.29, 1.82) is 0 Å². The molecule has 1 heterocycles. The maximum absolute atomic E-state index is 12.8. The summed E-state index contributed by atoms with van der Waals surface area (Å²) in [7, 11) is 0.